The molecule has 200 valence electrons. The maximum Gasteiger partial charge on any atom is 0.317 e. The summed E-state index contributed by atoms with van der Waals surface area (Å²) in [4.78, 5) is 40.2. The number of nitrogens with one attached hydrogen (secondary N) is 2. The molecule has 3 aromatic rings. The highest BCUT2D eigenvalue weighted by molar-refractivity contribution is 5.82. The van der Waals surface area contributed by atoms with Gasteiger partial charge in [0.1, 0.15) is 5.65 Å². The van der Waals surface area contributed by atoms with Crippen molar-refractivity contribution in [1.29, 1.82) is 0 Å². The monoisotopic (exact) mass is 515 g/mol. The molecule has 0 radical (unpaired) electrons. The van der Waals surface area contributed by atoms with Gasteiger partial charge in [-0.1, -0.05) is 24.3 Å². The molecule has 0 atom stereocenters. The first-order valence-electron chi connectivity index (χ1n) is 13.9. The van der Waals surface area contributed by atoms with Crippen LogP contribution < -0.4 is 16.2 Å². The fourth-order valence-corrected chi connectivity index (χ4v) is 5.75. The van der Waals surface area contributed by atoms with E-state index in [9.17, 15) is 9.59 Å². The van der Waals surface area contributed by atoms with E-state index in [2.05, 4.69) is 27.6 Å². The number of anilines is 1. The summed E-state index contributed by atoms with van der Waals surface area (Å²) in [6.45, 7) is 5.38. The van der Waals surface area contributed by atoms with Crippen LogP contribution in [-0.2, 0) is 0 Å². The SMILES string of the molecule is Cc1ccccc1-c1cc2cnc(NC3CCN(C(=O)NC4CC4)CC3)nc2n(C2CCN(C)CC2)c1=O. The Balaban J connectivity index is 1.29. The molecule has 6 rings (SSSR count). The number of nitrogens with zero attached hydrogens (tertiary/aromatic N) is 5. The Hall–Kier alpha value is -3.46. The van der Waals surface area contributed by atoms with Gasteiger partial charge >= 0.3 is 6.03 Å². The smallest absolute Gasteiger partial charge is 0.317 e. The number of pyridine rings is 1. The Morgan fingerprint density at radius 2 is 1.68 bits per heavy atom. The highest BCUT2D eigenvalue weighted by atomic mass is 16.2. The molecule has 3 aliphatic rings. The number of benzene rings is 1. The molecule has 0 spiro atoms. The van der Waals surface area contributed by atoms with E-state index in [4.69, 9.17) is 4.98 Å². The van der Waals surface area contributed by atoms with Gasteiger partial charge in [0.15, 0.2) is 0 Å². The molecule has 2 amide bonds. The molecular weight excluding hydrogens is 478 g/mol. The minimum Gasteiger partial charge on any atom is -0.351 e. The van der Waals surface area contributed by atoms with E-state index >= 15 is 0 Å². The lowest BCUT2D eigenvalue weighted by molar-refractivity contribution is 0.183. The Morgan fingerprint density at radius 3 is 2.39 bits per heavy atom. The normalized spacial score (nSPS) is 19.6. The molecule has 1 saturated carbocycles. The molecule has 2 N–H and O–H groups in total. The van der Waals surface area contributed by atoms with Crippen LogP contribution in [0.25, 0.3) is 22.2 Å². The number of rotatable bonds is 5. The van der Waals surface area contributed by atoms with Gasteiger partial charge in [-0.05, 0) is 82.8 Å². The summed E-state index contributed by atoms with van der Waals surface area (Å²) in [7, 11) is 2.13. The first-order valence-corrected chi connectivity index (χ1v) is 13.9. The number of aryl methyl sites for hydroxylation is 1. The van der Waals surface area contributed by atoms with E-state index in [-0.39, 0.29) is 23.7 Å². The Bertz CT molecular complexity index is 1380. The largest absolute Gasteiger partial charge is 0.351 e. The Morgan fingerprint density at radius 1 is 0.947 bits per heavy atom. The molecule has 2 aliphatic heterocycles. The van der Waals surface area contributed by atoms with Gasteiger partial charge in [0, 0.05) is 48.4 Å². The number of piperidine rings is 2. The first-order chi connectivity index (χ1) is 18.5. The summed E-state index contributed by atoms with van der Waals surface area (Å²) in [6, 6.07) is 10.7. The molecule has 9 heteroatoms. The topological polar surface area (TPSA) is 95.4 Å². The van der Waals surface area contributed by atoms with Crippen molar-refractivity contribution < 1.29 is 4.79 Å². The number of urea groups is 1. The van der Waals surface area contributed by atoms with Crippen molar-refractivity contribution in [3.63, 3.8) is 0 Å². The first kappa shape index (κ1) is 24.9. The number of carbonyl (C=O) groups excluding carboxylic acids is 1. The predicted octanol–water partition coefficient (Wildman–Crippen LogP) is 3.78. The van der Waals surface area contributed by atoms with E-state index < -0.39 is 0 Å². The lowest BCUT2D eigenvalue weighted by Gasteiger charge is -2.32. The molecule has 1 aliphatic carbocycles. The van der Waals surface area contributed by atoms with Gasteiger partial charge in [-0.15, -0.1) is 0 Å². The van der Waals surface area contributed by atoms with Crippen molar-refractivity contribution >= 4 is 23.0 Å². The number of carbonyl (C=O) groups is 1. The van der Waals surface area contributed by atoms with Crippen molar-refractivity contribution in [2.24, 2.45) is 0 Å². The highest BCUT2D eigenvalue weighted by Crippen LogP contribution is 2.29. The maximum absolute atomic E-state index is 14.0. The summed E-state index contributed by atoms with van der Waals surface area (Å²) in [6.07, 6.45) is 7.54. The molecule has 1 aromatic carbocycles. The number of hydrogen-bond acceptors (Lipinski definition) is 6. The third kappa shape index (κ3) is 5.12. The number of amides is 2. The number of fused-ring (bicyclic) bond motifs is 1. The summed E-state index contributed by atoms with van der Waals surface area (Å²) in [5.74, 6) is 0.545. The lowest BCUT2D eigenvalue weighted by atomic mass is 9.99. The van der Waals surface area contributed by atoms with Crippen molar-refractivity contribution in [2.75, 3.05) is 38.5 Å². The van der Waals surface area contributed by atoms with Gasteiger partial charge < -0.3 is 20.4 Å². The zero-order valence-corrected chi connectivity index (χ0v) is 22.3. The van der Waals surface area contributed by atoms with Crippen LogP contribution in [0.3, 0.4) is 0 Å². The van der Waals surface area contributed by atoms with Crippen molar-refractivity contribution in [1.82, 2.24) is 29.7 Å². The van der Waals surface area contributed by atoms with Gasteiger partial charge in [-0.2, -0.15) is 4.98 Å². The van der Waals surface area contributed by atoms with Gasteiger partial charge in [0.2, 0.25) is 5.95 Å². The van der Waals surface area contributed by atoms with Crippen LogP contribution in [0.5, 0.6) is 0 Å². The van der Waals surface area contributed by atoms with Crippen LogP contribution in [0.4, 0.5) is 10.7 Å². The summed E-state index contributed by atoms with van der Waals surface area (Å²) in [5, 5.41) is 7.45. The van der Waals surface area contributed by atoms with E-state index in [1.807, 2.05) is 52.9 Å². The highest BCUT2D eigenvalue weighted by Gasteiger charge is 2.29. The quantitative estimate of drug-likeness (QED) is 0.537. The average Bonchev–Trinajstić information content (AvgIpc) is 3.74. The molecule has 9 nitrogen and oxygen atoms in total. The molecule has 2 saturated heterocycles. The molecule has 0 bridgehead atoms. The Kier molecular flexibility index (Phi) is 6.78. The molecule has 3 fully saturated rings. The van der Waals surface area contributed by atoms with Crippen LogP contribution in [0, 0.1) is 6.92 Å². The van der Waals surface area contributed by atoms with Crippen LogP contribution in [0.15, 0.2) is 41.3 Å². The second-order valence-corrected chi connectivity index (χ2v) is 11.2. The fraction of sp³-hybridized carbons (Fsp3) is 0.517. The second-order valence-electron chi connectivity index (χ2n) is 11.2. The molecular formula is C29H37N7O2. The predicted molar refractivity (Wildman–Crippen MR) is 150 cm³/mol. The third-order valence-corrected chi connectivity index (χ3v) is 8.28. The van der Waals surface area contributed by atoms with Gasteiger partial charge in [0.25, 0.3) is 5.56 Å². The van der Waals surface area contributed by atoms with Crippen LogP contribution in [0.2, 0.25) is 0 Å². The molecule has 38 heavy (non-hydrogen) atoms. The number of hydrogen-bond donors (Lipinski definition) is 2. The summed E-state index contributed by atoms with van der Waals surface area (Å²) in [5.41, 5.74) is 3.45. The van der Waals surface area contributed by atoms with Gasteiger partial charge in [0.05, 0.1) is 0 Å². The Labute approximate surface area is 223 Å². The van der Waals surface area contributed by atoms with E-state index in [1.165, 1.54) is 0 Å². The van der Waals surface area contributed by atoms with Gasteiger partial charge in [-0.25, -0.2) is 9.78 Å². The average molecular weight is 516 g/mol. The van der Waals surface area contributed by atoms with Gasteiger partial charge in [-0.3, -0.25) is 9.36 Å². The van der Waals surface area contributed by atoms with Crippen LogP contribution >= 0.6 is 0 Å². The standard InChI is InChI=1S/C29H37N7O2/c1-19-5-3-4-6-24(19)25-17-20-18-30-28(31-22-9-15-35(16-10-22)29(38)32-21-7-8-21)33-26(20)36(27(25)37)23-11-13-34(2)14-12-23/h3-6,17-18,21-23H,7-16H2,1-2H3,(H,32,38)(H,30,31,33). The fourth-order valence-electron chi connectivity index (χ4n) is 5.75. The van der Waals surface area contributed by atoms with E-state index in [0.717, 1.165) is 68.1 Å². The van der Waals surface area contributed by atoms with Crippen molar-refractivity contribution in [2.45, 2.75) is 63.6 Å². The third-order valence-electron chi connectivity index (χ3n) is 8.28. The van der Waals surface area contributed by atoms with Crippen molar-refractivity contribution in [3.05, 3.63) is 52.4 Å². The summed E-state index contributed by atoms with van der Waals surface area (Å²) < 4.78 is 1.93. The minimum atomic E-state index is 0.0148. The zero-order chi connectivity index (χ0) is 26.2. The zero-order valence-electron chi connectivity index (χ0n) is 22.3. The van der Waals surface area contributed by atoms with Crippen molar-refractivity contribution in [3.8, 4) is 11.1 Å². The maximum atomic E-state index is 14.0. The van der Waals surface area contributed by atoms with Crippen LogP contribution in [0.1, 0.15) is 50.1 Å². The van der Waals surface area contributed by atoms with Crippen LogP contribution in [-0.4, -0.2) is 75.7 Å². The second kappa shape index (κ2) is 10.4. The lowest BCUT2D eigenvalue weighted by Crippen LogP contribution is -2.47. The molecule has 0 unspecified atom stereocenters. The van der Waals surface area contributed by atoms with E-state index in [1.54, 1.807) is 0 Å². The molecule has 2 aromatic heterocycles. The number of likely N-dealkylation sites (tertiary alicyclic amines) is 2. The van der Waals surface area contributed by atoms with E-state index in [0.29, 0.717) is 36.3 Å². The minimum absolute atomic E-state index is 0.0148. The molecule has 4 heterocycles. The summed E-state index contributed by atoms with van der Waals surface area (Å²) >= 11 is 0. The number of aromatic nitrogens is 3.